The van der Waals surface area contributed by atoms with Crippen LogP contribution in [0, 0.1) is 10.1 Å². The summed E-state index contributed by atoms with van der Waals surface area (Å²) >= 11 is 0. The molecule has 1 aliphatic rings. The molecule has 1 aliphatic heterocycles. The van der Waals surface area contributed by atoms with Crippen molar-refractivity contribution in [2.75, 3.05) is 31.1 Å². The Morgan fingerprint density at radius 3 is 2.83 bits per heavy atom. The number of nitrogens with zero attached hydrogens (tertiary/aromatic N) is 4. The number of nitro groups is 1. The zero-order chi connectivity index (χ0) is 12.5. The van der Waals surface area contributed by atoms with Gasteiger partial charge in [-0.1, -0.05) is 6.07 Å². The second-order valence-corrected chi connectivity index (χ2v) is 4.19. The Morgan fingerprint density at radius 2 is 2.11 bits per heavy atom. The van der Waals surface area contributed by atoms with Crippen molar-refractivity contribution in [3.8, 4) is 0 Å². The van der Waals surface area contributed by atoms with E-state index in [-0.39, 0.29) is 5.82 Å². The quantitative estimate of drug-likeness (QED) is 0.623. The highest BCUT2D eigenvalue weighted by atomic mass is 16.6. The van der Waals surface area contributed by atoms with Gasteiger partial charge in [0.15, 0.2) is 0 Å². The topological polar surface area (TPSA) is 75.7 Å². The summed E-state index contributed by atoms with van der Waals surface area (Å²) in [6, 6.07) is 5.55. The lowest BCUT2D eigenvalue weighted by atomic mass is 10.3. The predicted octanol–water partition coefficient (Wildman–Crippen LogP) is 0.652. The van der Waals surface area contributed by atoms with E-state index < -0.39 is 4.92 Å². The zero-order valence-electron chi connectivity index (χ0n) is 9.74. The fourth-order valence-corrected chi connectivity index (χ4v) is 2.27. The molecular weight excluding hydrogens is 234 g/mol. The van der Waals surface area contributed by atoms with Crippen LogP contribution in [0.4, 0.5) is 11.6 Å². The van der Waals surface area contributed by atoms with E-state index in [0.29, 0.717) is 5.65 Å². The first-order valence-electron chi connectivity index (χ1n) is 5.84. The summed E-state index contributed by atoms with van der Waals surface area (Å²) in [5.41, 5.74) is 0.609. The highest BCUT2D eigenvalue weighted by Crippen LogP contribution is 2.23. The van der Waals surface area contributed by atoms with Gasteiger partial charge in [0.1, 0.15) is 6.20 Å². The van der Waals surface area contributed by atoms with Crippen LogP contribution in [0.3, 0.4) is 0 Å². The molecule has 0 radical (unpaired) electrons. The van der Waals surface area contributed by atoms with Gasteiger partial charge in [0.25, 0.3) is 0 Å². The van der Waals surface area contributed by atoms with Crippen LogP contribution in [0.1, 0.15) is 0 Å². The number of nitrogens with one attached hydrogen (secondary N) is 1. The monoisotopic (exact) mass is 247 g/mol. The van der Waals surface area contributed by atoms with Gasteiger partial charge in [0, 0.05) is 38.3 Å². The van der Waals surface area contributed by atoms with Gasteiger partial charge in [-0.2, -0.15) is 4.40 Å². The summed E-state index contributed by atoms with van der Waals surface area (Å²) in [6.07, 6.45) is 1.31. The molecule has 2 aromatic rings. The summed E-state index contributed by atoms with van der Waals surface area (Å²) in [6.45, 7) is 3.46. The number of hydrogen-bond donors (Lipinski definition) is 1. The molecule has 7 nitrogen and oxygen atoms in total. The van der Waals surface area contributed by atoms with Crippen molar-refractivity contribution in [1.29, 1.82) is 0 Å². The lowest BCUT2D eigenvalue weighted by molar-refractivity contribution is -0.390. The molecule has 1 N–H and O–H groups in total. The number of rotatable bonds is 2. The second-order valence-electron chi connectivity index (χ2n) is 4.19. The average molecular weight is 247 g/mol. The number of fused-ring (bicyclic) bond motifs is 1. The molecule has 7 heteroatoms. The Kier molecular flexibility index (Phi) is 2.60. The van der Waals surface area contributed by atoms with Crippen LogP contribution < -0.4 is 10.2 Å². The van der Waals surface area contributed by atoms with Crippen molar-refractivity contribution in [2.45, 2.75) is 0 Å². The minimum Gasteiger partial charge on any atom is -0.358 e. The number of pyridine rings is 1. The lowest BCUT2D eigenvalue weighted by Gasteiger charge is -2.27. The van der Waals surface area contributed by atoms with Crippen LogP contribution >= 0.6 is 0 Å². The molecule has 1 fully saturated rings. The zero-order valence-corrected chi connectivity index (χ0v) is 9.74. The van der Waals surface area contributed by atoms with Gasteiger partial charge in [-0.15, -0.1) is 0 Å². The Hall–Kier alpha value is -2.15. The highest BCUT2D eigenvalue weighted by Gasteiger charge is 2.22. The van der Waals surface area contributed by atoms with Crippen molar-refractivity contribution in [3.63, 3.8) is 0 Å². The summed E-state index contributed by atoms with van der Waals surface area (Å²) in [5.74, 6) is 0.845. The predicted molar refractivity (Wildman–Crippen MR) is 66.9 cm³/mol. The SMILES string of the molecule is O=[N+]([O-])c1cnc2cccc(N3CCNCC3)n12. The minimum absolute atomic E-state index is 0.0131. The molecule has 0 amide bonds. The smallest absolute Gasteiger partial charge is 0.349 e. The van der Waals surface area contributed by atoms with Gasteiger partial charge in [0.2, 0.25) is 11.5 Å². The average Bonchev–Trinajstić information content (AvgIpc) is 2.83. The number of hydrogen-bond acceptors (Lipinski definition) is 5. The lowest BCUT2D eigenvalue weighted by Crippen LogP contribution is -2.44. The standard InChI is InChI=1S/C11H13N5O2/c17-16(18)11-8-13-9-2-1-3-10(15(9)11)14-6-4-12-5-7-14/h1-3,8,12H,4-7H2. The minimum atomic E-state index is -0.397. The van der Waals surface area contributed by atoms with E-state index in [1.54, 1.807) is 10.5 Å². The molecule has 0 bridgehead atoms. The maximum Gasteiger partial charge on any atom is 0.349 e. The third kappa shape index (κ3) is 1.68. The number of imidazole rings is 1. The van der Waals surface area contributed by atoms with Gasteiger partial charge in [-0.3, -0.25) is 0 Å². The largest absolute Gasteiger partial charge is 0.358 e. The normalized spacial score (nSPS) is 16.1. The first-order chi connectivity index (χ1) is 8.77. The van der Waals surface area contributed by atoms with Gasteiger partial charge >= 0.3 is 5.82 Å². The second kappa shape index (κ2) is 4.26. The number of piperazine rings is 1. The van der Waals surface area contributed by atoms with E-state index in [2.05, 4.69) is 15.2 Å². The van der Waals surface area contributed by atoms with Crippen LogP contribution in [0.2, 0.25) is 0 Å². The summed E-state index contributed by atoms with van der Waals surface area (Å²) in [7, 11) is 0. The molecule has 3 heterocycles. The van der Waals surface area contributed by atoms with Crippen LogP contribution in [0.5, 0.6) is 0 Å². The Labute approximate surface area is 103 Å². The third-order valence-corrected chi connectivity index (χ3v) is 3.12. The van der Waals surface area contributed by atoms with Crippen LogP contribution in [-0.2, 0) is 0 Å². The fourth-order valence-electron chi connectivity index (χ4n) is 2.27. The van der Waals surface area contributed by atoms with Crippen LogP contribution in [-0.4, -0.2) is 40.5 Å². The molecule has 0 saturated carbocycles. The summed E-state index contributed by atoms with van der Waals surface area (Å²) in [4.78, 5) is 16.8. The molecule has 1 saturated heterocycles. The van der Waals surface area contributed by atoms with Crippen molar-refractivity contribution in [1.82, 2.24) is 14.7 Å². The van der Waals surface area contributed by atoms with Gasteiger partial charge < -0.3 is 20.3 Å². The van der Waals surface area contributed by atoms with E-state index >= 15 is 0 Å². The molecular formula is C11H13N5O2. The molecule has 0 unspecified atom stereocenters. The Balaban J connectivity index is 2.15. The highest BCUT2D eigenvalue weighted by molar-refractivity contribution is 5.56. The third-order valence-electron chi connectivity index (χ3n) is 3.12. The van der Waals surface area contributed by atoms with E-state index in [9.17, 15) is 10.1 Å². The molecule has 0 spiro atoms. The Morgan fingerprint density at radius 1 is 1.33 bits per heavy atom. The maximum absolute atomic E-state index is 11.0. The van der Waals surface area contributed by atoms with Gasteiger partial charge in [-0.25, -0.2) is 4.98 Å². The summed E-state index contributed by atoms with van der Waals surface area (Å²) in [5, 5.41) is 14.3. The summed E-state index contributed by atoms with van der Waals surface area (Å²) < 4.78 is 1.60. The molecule has 0 atom stereocenters. The Bertz CT molecular complexity index is 588. The van der Waals surface area contributed by atoms with Crippen molar-refractivity contribution >= 4 is 17.3 Å². The molecule has 94 valence electrons. The van der Waals surface area contributed by atoms with Crippen LogP contribution in [0.25, 0.3) is 5.65 Å². The first-order valence-corrected chi connectivity index (χ1v) is 5.84. The van der Waals surface area contributed by atoms with Crippen LogP contribution in [0.15, 0.2) is 24.4 Å². The van der Waals surface area contributed by atoms with E-state index in [1.807, 2.05) is 12.1 Å². The van der Waals surface area contributed by atoms with E-state index in [1.165, 1.54) is 6.20 Å². The fraction of sp³-hybridized carbons (Fsp3) is 0.364. The maximum atomic E-state index is 11.0. The van der Waals surface area contributed by atoms with E-state index in [0.717, 1.165) is 32.0 Å². The molecule has 0 aliphatic carbocycles. The van der Waals surface area contributed by atoms with Gasteiger partial charge in [0.05, 0.1) is 0 Å². The number of aromatic nitrogens is 2. The molecule has 18 heavy (non-hydrogen) atoms. The first kappa shape index (κ1) is 11.0. The molecule has 2 aromatic heterocycles. The molecule has 0 aromatic carbocycles. The van der Waals surface area contributed by atoms with E-state index in [4.69, 9.17) is 0 Å². The van der Waals surface area contributed by atoms with Gasteiger partial charge in [-0.05, 0) is 4.92 Å². The van der Waals surface area contributed by atoms with Crippen molar-refractivity contribution in [3.05, 3.63) is 34.5 Å². The molecule has 3 rings (SSSR count). The number of anilines is 1. The van der Waals surface area contributed by atoms with Crippen molar-refractivity contribution < 1.29 is 4.92 Å². The van der Waals surface area contributed by atoms with Crippen molar-refractivity contribution in [2.24, 2.45) is 0 Å².